The first-order chi connectivity index (χ1) is 11.6. The van der Waals surface area contributed by atoms with E-state index in [1.807, 2.05) is 30.1 Å². The number of nitrogens with zero attached hydrogens (tertiary/aromatic N) is 3. The van der Waals surface area contributed by atoms with Gasteiger partial charge in [0.25, 0.3) is 5.91 Å². The van der Waals surface area contributed by atoms with E-state index >= 15 is 0 Å². The van der Waals surface area contributed by atoms with Crippen LogP contribution in [0.3, 0.4) is 0 Å². The summed E-state index contributed by atoms with van der Waals surface area (Å²) < 4.78 is 5.28. The lowest BCUT2D eigenvalue weighted by Crippen LogP contribution is -2.49. The molecule has 4 rings (SSSR count). The van der Waals surface area contributed by atoms with Crippen LogP contribution in [0.15, 0.2) is 18.2 Å². The molecule has 0 saturated carbocycles. The van der Waals surface area contributed by atoms with Crippen molar-refractivity contribution in [3.8, 4) is 5.75 Å². The molecular formula is C18H24N4O2. The summed E-state index contributed by atoms with van der Waals surface area (Å²) in [4.78, 5) is 17.4. The normalized spacial score (nSPS) is 26.7. The van der Waals surface area contributed by atoms with Gasteiger partial charge in [0.2, 0.25) is 0 Å². The zero-order valence-electron chi connectivity index (χ0n) is 14.5. The second-order valence-corrected chi connectivity index (χ2v) is 7.08. The molecule has 6 heteroatoms. The minimum absolute atomic E-state index is 0.0107. The number of aromatic nitrogens is 2. The van der Waals surface area contributed by atoms with E-state index in [0.29, 0.717) is 23.8 Å². The maximum Gasteiger partial charge on any atom is 0.274 e. The molecule has 3 atom stereocenters. The standard InChI is InChI=1S/C18H24N4O2/c1-21-11-4-5-12(21)9-13(8-11)22(2)18(23)17-15-10-14(24-3)6-7-16(15)19-20-17/h6-7,10-13H,4-5,8-9H2,1-3H3,(H,19,20)/t11-,12+,13+. The van der Waals surface area contributed by atoms with Crippen LogP contribution in [0.25, 0.3) is 10.9 Å². The number of hydrogen-bond acceptors (Lipinski definition) is 4. The molecule has 2 aliphatic rings. The SMILES string of the molecule is COc1ccc2[nH]nc(C(=O)N(C)[C@H]3C[C@H]4CC[C@@H](C3)N4C)c2c1. The molecule has 0 spiro atoms. The highest BCUT2D eigenvalue weighted by molar-refractivity contribution is 6.05. The van der Waals surface area contributed by atoms with E-state index in [0.717, 1.165) is 29.5 Å². The van der Waals surface area contributed by atoms with Crippen molar-refractivity contribution in [1.82, 2.24) is 20.0 Å². The van der Waals surface area contributed by atoms with Crippen LogP contribution < -0.4 is 4.74 Å². The number of hydrogen-bond donors (Lipinski definition) is 1. The molecular weight excluding hydrogens is 304 g/mol. The van der Waals surface area contributed by atoms with E-state index in [4.69, 9.17) is 4.74 Å². The molecule has 2 fully saturated rings. The van der Waals surface area contributed by atoms with Crippen molar-refractivity contribution in [2.24, 2.45) is 0 Å². The molecule has 2 saturated heterocycles. The van der Waals surface area contributed by atoms with Crippen molar-refractivity contribution in [3.05, 3.63) is 23.9 Å². The summed E-state index contributed by atoms with van der Waals surface area (Å²) >= 11 is 0. The Morgan fingerprint density at radius 1 is 1.33 bits per heavy atom. The van der Waals surface area contributed by atoms with Gasteiger partial charge in [-0.1, -0.05) is 0 Å². The Morgan fingerprint density at radius 3 is 2.71 bits per heavy atom. The summed E-state index contributed by atoms with van der Waals surface area (Å²) in [6.07, 6.45) is 4.62. The van der Waals surface area contributed by atoms with E-state index in [-0.39, 0.29) is 5.91 Å². The van der Waals surface area contributed by atoms with Gasteiger partial charge in [0, 0.05) is 30.6 Å². The summed E-state index contributed by atoms with van der Waals surface area (Å²) in [5.74, 6) is 0.724. The molecule has 3 heterocycles. The second kappa shape index (κ2) is 5.77. The quantitative estimate of drug-likeness (QED) is 0.939. The summed E-state index contributed by atoms with van der Waals surface area (Å²) in [5, 5.41) is 8.05. The van der Waals surface area contributed by atoms with Gasteiger partial charge >= 0.3 is 0 Å². The Balaban J connectivity index is 1.59. The second-order valence-electron chi connectivity index (χ2n) is 7.08. The molecule has 2 aliphatic heterocycles. The zero-order chi connectivity index (χ0) is 16.8. The summed E-state index contributed by atoms with van der Waals surface area (Å²) in [5.41, 5.74) is 1.34. The van der Waals surface area contributed by atoms with Gasteiger partial charge in [-0.3, -0.25) is 9.89 Å². The average molecular weight is 328 g/mol. The number of methoxy groups -OCH3 is 1. The fraction of sp³-hybridized carbons (Fsp3) is 0.556. The fourth-order valence-electron chi connectivity index (χ4n) is 4.31. The molecule has 0 unspecified atom stereocenters. The number of benzene rings is 1. The van der Waals surface area contributed by atoms with Gasteiger partial charge in [-0.2, -0.15) is 5.10 Å². The molecule has 0 radical (unpaired) electrons. The summed E-state index contributed by atoms with van der Waals surface area (Å²) in [6.45, 7) is 0. The lowest BCUT2D eigenvalue weighted by molar-refractivity contribution is 0.0559. The highest BCUT2D eigenvalue weighted by Gasteiger charge is 2.41. The smallest absolute Gasteiger partial charge is 0.274 e. The number of piperidine rings is 1. The predicted octanol–water partition coefficient (Wildman–Crippen LogP) is 2.27. The molecule has 6 nitrogen and oxygen atoms in total. The number of nitrogens with one attached hydrogen (secondary N) is 1. The molecule has 128 valence electrons. The van der Waals surface area contributed by atoms with Gasteiger partial charge in [-0.15, -0.1) is 0 Å². The monoisotopic (exact) mass is 328 g/mol. The number of fused-ring (bicyclic) bond motifs is 3. The van der Waals surface area contributed by atoms with Gasteiger partial charge in [-0.25, -0.2) is 0 Å². The van der Waals surface area contributed by atoms with Crippen molar-refractivity contribution in [2.45, 2.75) is 43.8 Å². The van der Waals surface area contributed by atoms with Crippen molar-refractivity contribution < 1.29 is 9.53 Å². The van der Waals surface area contributed by atoms with Crippen molar-refractivity contribution >= 4 is 16.8 Å². The molecule has 1 aromatic heterocycles. The number of rotatable bonds is 3. The summed E-state index contributed by atoms with van der Waals surface area (Å²) in [7, 11) is 5.76. The molecule has 2 aromatic rings. The van der Waals surface area contributed by atoms with Crippen molar-refractivity contribution in [2.75, 3.05) is 21.2 Å². The third kappa shape index (κ3) is 2.36. The Labute approximate surface area is 141 Å². The van der Waals surface area contributed by atoms with E-state index in [9.17, 15) is 4.79 Å². The van der Waals surface area contributed by atoms with E-state index in [1.165, 1.54) is 12.8 Å². The highest BCUT2D eigenvalue weighted by atomic mass is 16.5. The number of ether oxygens (including phenoxy) is 1. The lowest BCUT2D eigenvalue weighted by Gasteiger charge is -2.40. The molecule has 1 N–H and O–H groups in total. The van der Waals surface area contributed by atoms with Crippen LogP contribution >= 0.6 is 0 Å². The lowest BCUT2D eigenvalue weighted by atomic mass is 9.96. The minimum Gasteiger partial charge on any atom is -0.497 e. The molecule has 24 heavy (non-hydrogen) atoms. The average Bonchev–Trinajstić information content (AvgIpc) is 3.08. The van der Waals surface area contributed by atoms with Gasteiger partial charge in [0.05, 0.1) is 12.6 Å². The van der Waals surface area contributed by atoms with Crippen molar-refractivity contribution in [3.63, 3.8) is 0 Å². The van der Waals surface area contributed by atoms with E-state index < -0.39 is 0 Å². The largest absolute Gasteiger partial charge is 0.497 e. The Kier molecular flexibility index (Phi) is 3.72. The first-order valence-corrected chi connectivity index (χ1v) is 8.59. The van der Waals surface area contributed by atoms with Crippen LogP contribution in [0.4, 0.5) is 0 Å². The maximum absolute atomic E-state index is 13.0. The number of carbonyl (C=O) groups excluding carboxylic acids is 1. The molecule has 2 bridgehead atoms. The van der Waals surface area contributed by atoms with Crippen LogP contribution in [0.1, 0.15) is 36.2 Å². The predicted molar refractivity (Wildman–Crippen MR) is 92.3 cm³/mol. The number of aromatic amines is 1. The number of H-pyrrole nitrogens is 1. The Morgan fingerprint density at radius 2 is 2.04 bits per heavy atom. The van der Waals surface area contributed by atoms with E-state index in [1.54, 1.807) is 7.11 Å². The van der Waals surface area contributed by atoms with E-state index in [2.05, 4.69) is 22.1 Å². The summed E-state index contributed by atoms with van der Waals surface area (Å²) in [6, 6.07) is 7.16. The molecule has 0 aliphatic carbocycles. The topological polar surface area (TPSA) is 61.5 Å². The van der Waals surface area contributed by atoms with Gasteiger partial charge < -0.3 is 14.5 Å². The molecule has 1 amide bonds. The first kappa shape index (κ1) is 15.4. The maximum atomic E-state index is 13.0. The van der Waals surface area contributed by atoms with Crippen molar-refractivity contribution in [1.29, 1.82) is 0 Å². The first-order valence-electron chi connectivity index (χ1n) is 8.59. The Bertz CT molecular complexity index is 757. The highest BCUT2D eigenvalue weighted by Crippen LogP contribution is 2.36. The van der Waals surface area contributed by atoms with Gasteiger partial charge in [-0.05, 0) is 50.9 Å². The fourth-order valence-corrected chi connectivity index (χ4v) is 4.31. The number of carbonyl (C=O) groups is 1. The third-order valence-electron chi connectivity index (χ3n) is 5.91. The molecule has 1 aromatic carbocycles. The van der Waals surface area contributed by atoms with Gasteiger partial charge in [0.15, 0.2) is 5.69 Å². The van der Waals surface area contributed by atoms with Gasteiger partial charge in [0.1, 0.15) is 5.75 Å². The third-order valence-corrected chi connectivity index (χ3v) is 5.91. The number of amides is 1. The minimum atomic E-state index is -0.0107. The van der Waals surface area contributed by atoms with Crippen LogP contribution in [-0.4, -0.2) is 65.2 Å². The Hall–Kier alpha value is -2.08. The van der Waals surface area contributed by atoms with Crippen LogP contribution in [0, 0.1) is 0 Å². The van der Waals surface area contributed by atoms with Crippen LogP contribution in [-0.2, 0) is 0 Å². The van der Waals surface area contributed by atoms with Crippen LogP contribution in [0.2, 0.25) is 0 Å². The van der Waals surface area contributed by atoms with Crippen LogP contribution in [0.5, 0.6) is 5.75 Å². The zero-order valence-corrected chi connectivity index (χ0v) is 14.5.